The molecule has 1 heterocycles. The predicted molar refractivity (Wildman–Crippen MR) is 41.3 cm³/mol. The fourth-order valence-corrected chi connectivity index (χ4v) is 0.761. The van der Waals surface area contributed by atoms with Crippen LogP contribution in [0.1, 0.15) is 5.76 Å². The molecule has 1 aromatic heterocycles. The fraction of sp³-hybridized carbons (Fsp3) is 0.571. The standard InChI is InChI=1S/C7H12N2O3/c10-3-6(4-11)9-2-7-1-8-5-12-7/h1,5-6,9-11H,2-4H2. The minimum absolute atomic E-state index is 0.0926. The third-order valence-corrected chi connectivity index (χ3v) is 1.49. The summed E-state index contributed by atoms with van der Waals surface area (Å²) in [5.74, 6) is 0.682. The summed E-state index contributed by atoms with van der Waals surface area (Å²) in [6.45, 7) is 0.279. The Morgan fingerprint density at radius 2 is 2.25 bits per heavy atom. The summed E-state index contributed by atoms with van der Waals surface area (Å²) in [6, 6.07) is -0.296. The molecule has 12 heavy (non-hydrogen) atoms. The fourth-order valence-electron chi connectivity index (χ4n) is 0.761. The topological polar surface area (TPSA) is 78.5 Å². The molecule has 5 nitrogen and oxygen atoms in total. The van der Waals surface area contributed by atoms with E-state index < -0.39 is 0 Å². The monoisotopic (exact) mass is 172 g/mol. The third kappa shape index (κ3) is 2.61. The molecule has 0 aliphatic heterocycles. The normalized spacial score (nSPS) is 10.9. The van der Waals surface area contributed by atoms with Crippen LogP contribution in [0.4, 0.5) is 0 Å². The Morgan fingerprint density at radius 1 is 1.50 bits per heavy atom. The van der Waals surface area contributed by atoms with E-state index in [-0.39, 0.29) is 19.3 Å². The van der Waals surface area contributed by atoms with E-state index >= 15 is 0 Å². The Balaban J connectivity index is 2.25. The molecule has 0 saturated carbocycles. The maximum absolute atomic E-state index is 8.69. The van der Waals surface area contributed by atoms with E-state index in [1.807, 2.05) is 0 Å². The summed E-state index contributed by atoms with van der Waals surface area (Å²) >= 11 is 0. The van der Waals surface area contributed by atoms with Gasteiger partial charge in [-0.25, -0.2) is 4.98 Å². The second-order valence-corrected chi connectivity index (χ2v) is 2.41. The molecule has 0 aliphatic carbocycles. The first-order chi connectivity index (χ1) is 5.86. The zero-order valence-electron chi connectivity index (χ0n) is 6.60. The van der Waals surface area contributed by atoms with Gasteiger partial charge in [-0.15, -0.1) is 0 Å². The highest BCUT2D eigenvalue weighted by molar-refractivity contribution is 4.87. The number of oxazole rings is 1. The summed E-state index contributed by atoms with van der Waals surface area (Å²) < 4.78 is 4.94. The van der Waals surface area contributed by atoms with Gasteiger partial charge in [0.25, 0.3) is 0 Å². The molecule has 1 rings (SSSR count). The van der Waals surface area contributed by atoms with E-state index in [0.717, 1.165) is 0 Å². The Kier molecular flexibility index (Phi) is 3.72. The Hall–Kier alpha value is -0.910. The van der Waals surface area contributed by atoms with Crippen molar-refractivity contribution in [1.29, 1.82) is 0 Å². The van der Waals surface area contributed by atoms with E-state index in [0.29, 0.717) is 12.3 Å². The van der Waals surface area contributed by atoms with Crippen LogP contribution >= 0.6 is 0 Å². The molecule has 0 spiro atoms. The molecule has 5 heteroatoms. The van der Waals surface area contributed by atoms with Crippen molar-refractivity contribution in [2.24, 2.45) is 0 Å². The lowest BCUT2D eigenvalue weighted by Crippen LogP contribution is -2.35. The zero-order chi connectivity index (χ0) is 8.81. The number of nitrogens with zero attached hydrogens (tertiary/aromatic N) is 1. The molecule has 0 saturated heterocycles. The minimum Gasteiger partial charge on any atom is -0.447 e. The van der Waals surface area contributed by atoms with E-state index in [1.165, 1.54) is 6.39 Å². The van der Waals surface area contributed by atoms with Crippen LogP contribution in [0.15, 0.2) is 17.0 Å². The van der Waals surface area contributed by atoms with E-state index in [9.17, 15) is 0 Å². The molecule has 0 bridgehead atoms. The van der Waals surface area contributed by atoms with Crippen molar-refractivity contribution in [2.75, 3.05) is 13.2 Å². The Bertz CT molecular complexity index is 196. The SMILES string of the molecule is OCC(CO)NCc1cnco1. The van der Waals surface area contributed by atoms with Gasteiger partial charge < -0.3 is 19.9 Å². The number of aromatic nitrogens is 1. The van der Waals surface area contributed by atoms with E-state index in [2.05, 4.69) is 10.3 Å². The van der Waals surface area contributed by atoms with Gasteiger partial charge in [0.15, 0.2) is 6.39 Å². The molecule has 0 amide bonds. The van der Waals surface area contributed by atoms with Gasteiger partial charge >= 0.3 is 0 Å². The first kappa shape index (κ1) is 9.18. The quantitative estimate of drug-likeness (QED) is 0.537. The van der Waals surface area contributed by atoms with Crippen molar-refractivity contribution in [2.45, 2.75) is 12.6 Å². The van der Waals surface area contributed by atoms with Gasteiger partial charge in [0.2, 0.25) is 0 Å². The van der Waals surface area contributed by atoms with Crippen LogP contribution in [0.5, 0.6) is 0 Å². The molecule has 0 aliphatic rings. The Labute approximate surface area is 70.0 Å². The number of aliphatic hydroxyl groups is 2. The number of nitrogens with one attached hydrogen (secondary N) is 1. The van der Waals surface area contributed by atoms with Crippen LogP contribution in [0.25, 0.3) is 0 Å². The van der Waals surface area contributed by atoms with Crippen molar-refractivity contribution >= 4 is 0 Å². The highest BCUT2D eigenvalue weighted by Gasteiger charge is 2.05. The van der Waals surface area contributed by atoms with Gasteiger partial charge in [-0.3, -0.25) is 0 Å². The van der Waals surface area contributed by atoms with Gasteiger partial charge in [-0.05, 0) is 0 Å². The molecule has 68 valence electrons. The highest BCUT2D eigenvalue weighted by atomic mass is 16.3. The van der Waals surface area contributed by atoms with E-state index in [4.69, 9.17) is 14.6 Å². The van der Waals surface area contributed by atoms with Gasteiger partial charge in [0, 0.05) is 0 Å². The first-order valence-electron chi connectivity index (χ1n) is 3.69. The number of aliphatic hydroxyl groups excluding tert-OH is 2. The van der Waals surface area contributed by atoms with Crippen molar-refractivity contribution in [3.8, 4) is 0 Å². The van der Waals surface area contributed by atoms with Crippen LogP contribution in [-0.2, 0) is 6.54 Å². The lowest BCUT2D eigenvalue weighted by molar-refractivity contribution is 0.168. The Morgan fingerprint density at radius 3 is 2.75 bits per heavy atom. The third-order valence-electron chi connectivity index (χ3n) is 1.49. The summed E-state index contributed by atoms with van der Waals surface area (Å²) in [4.78, 5) is 3.72. The molecular formula is C7H12N2O3. The van der Waals surface area contributed by atoms with Crippen LogP contribution in [0.2, 0.25) is 0 Å². The lowest BCUT2D eigenvalue weighted by atomic mass is 10.3. The van der Waals surface area contributed by atoms with E-state index in [1.54, 1.807) is 6.20 Å². The van der Waals surface area contributed by atoms with Crippen molar-refractivity contribution in [3.63, 3.8) is 0 Å². The smallest absolute Gasteiger partial charge is 0.180 e. The summed E-state index contributed by atoms with van der Waals surface area (Å²) in [5, 5.41) is 20.3. The number of rotatable bonds is 5. The second-order valence-electron chi connectivity index (χ2n) is 2.41. The zero-order valence-corrected chi connectivity index (χ0v) is 6.60. The number of hydrogen-bond donors (Lipinski definition) is 3. The summed E-state index contributed by atoms with van der Waals surface area (Å²) in [6.07, 6.45) is 2.92. The van der Waals surface area contributed by atoms with Crippen LogP contribution < -0.4 is 5.32 Å². The molecular weight excluding hydrogens is 160 g/mol. The average molecular weight is 172 g/mol. The van der Waals surface area contributed by atoms with Gasteiger partial charge in [-0.2, -0.15) is 0 Å². The molecule has 0 aromatic carbocycles. The van der Waals surface area contributed by atoms with Crippen molar-refractivity contribution < 1.29 is 14.6 Å². The predicted octanol–water partition coefficient (Wildman–Crippen LogP) is -0.883. The molecule has 3 N–H and O–H groups in total. The first-order valence-corrected chi connectivity index (χ1v) is 3.69. The average Bonchev–Trinajstić information content (AvgIpc) is 2.59. The lowest BCUT2D eigenvalue weighted by Gasteiger charge is -2.10. The summed E-state index contributed by atoms with van der Waals surface area (Å²) in [7, 11) is 0. The van der Waals surface area contributed by atoms with Crippen molar-refractivity contribution in [1.82, 2.24) is 10.3 Å². The van der Waals surface area contributed by atoms with Gasteiger partial charge in [0.1, 0.15) is 5.76 Å². The highest BCUT2D eigenvalue weighted by Crippen LogP contribution is 1.95. The maximum atomic E-state index is 8.69. The van der Waals surface area contributed by atoms with Gasteiger partial charge in [0.05, 0.1) is 32.0 Å². The van der Waals surface area contributed by atoms with Gasteiger partial charge in [-0.1, -0.05) is 0 Å². The number of hydrogen-bond acceptors (Lipinski definition) is 5. The molecule has 0 atom stereocenters. The minimum atomic E-state index is -0.296. The van der Waals surface area contributed by atoms with Crippen LogP contribution in [-0.4, -0.2) is 34.5 Å². The molecule has 1 aromatic rings. The second kappa shape index (κ2) is 4.87. The van der Waals surface area contributed by atoms with Crippen molar-refractivity contribution in [3.05, 3.63) is 18.4 Å². The molecule has 0 fully saturated rings. The molecule has 0 unspecified atom stereocenters. The maximum Gasteiger partial charge on any atom is 0.180 e. The van der Waals surface area contributed by atoms with Crippen LogP contribution in [0, 0.1) is 0 Å². The molecule has 0 radical (unpaired) electrons. The largest absolute Gasteiger partial charge is 0.447 e. The summed E-state index contributed by atoms with van der Waals surface area (Å²) in [5.41, 5.74) is 0. The van der Waals surface area contributed by atoms with Crippen LogP contribution in [0.3, 0.4) is 0 Å².